The zero-order valence-corrected chi connectivity index (χ0v) is 40.1. The maximum absolute atomic E-state index is 13.1. The van der Waals surface area contributed by atoms with Crippen LogP contribution in [0.1, 0.15) is 107 Å². The third kappa shape index (κ3) is 13.6. The largest absolute Gasteiger partial charge is 0.465 e. The molecule has 4 unspecified atom stereocenters. The predicted octanol–water partition coefficient (Wildman–Crippen LogP) is 8.89. The third-order valence-corrected chi connectivity index (χ3v) is 15.0. The van der Waals surface area contributed by atoms with Gasteiger partial charge in [-0.1, -0.05) is 121 Å². The van der Waals surface area contributed by atoms with Crippen LogP contribution in [0.25, 0.3) is 0 Å². The molecule has 2 aliphatic rings. The van der Waals surface area contributed by atoms with Gasteiger partial charge in [-0.05, 0) is 84.4 Å². The lowest BCUT2D eigenvalue weighted by Crippen LogP contribution is -2.40. The lowest BCUT2D eigenvalue weighted by Gasteiger charge is -2.27. The fourth-order valence-electron chi connectivity index (χ4n) is 7.56. The van der Waals surface area contributed by atoms with E-state index in [0.717, 1.165) is 12.8 Å². The average Bonchev–Trinajstić information content (AvgIpc) is 4.07. The summed E-state index contributed by atoms with van der Waals surface area (Å²) >= 11 is 11.4. The van der Waals surface area contributed by atoms with Gasteiger partial charge in [0.15, 0.2) is 11.6 Å². The fourth-order valence-corrected chi connectivity index (χ4v) is 10.4. The van der Waals surface area contributed by atoms with Crippen LogP contribution in [0.15, 0.2) is 109 Å². The number of likely N-dealkylation sites (tertiary alicyclic amines) is 2. The van der Waals surface area contributed by atoms with Crippen molar-refractivity contribution < 1.29 is 47.7 Å². The molecule has 0 saturated carbocycles. The Bertz CT molecular complexity index is 2220. The quantitative estimate of drug-likeness (QED) is 0.0233. The standard InChI is InChI=1S/C50H52N2O10S4/c1-33(37-19-9-21-39(31-37)43(53)35-15-5-3-6-16-35)45(55)59-27-13-29-61-47(57)41-23-11-25-51(41)49(63)65-66-50(64)52-26-12-24-42(52)48(58)62-30-14-28-60-46(56)34(2)38-20-10-22-40(32-38)44(54)36-17-7-4-8-18-36/h3-10,15-22,31-34,41-42H,11-14,23-30H2,1-2H3. The molecule has 4 aromatic rings. The number of nitrogens with zero attached hydrogens (tertiary/aromatic N) is 2. The van der Waals surface area contributed by atoms with Crippen LogP contribution in [0.3, 0.4) is 0 Å². The van der Waals surface area contributed by atoms with Crippen LogP contribution in [0, 0.1) is 0 Å². The fraction of sp³-hybridized carbons (Fsp3) is 0.360. The molecule has 346 valence electrons. The SMILES string of the molecule is CC(C(=O)OCCCOC(=O)C1CCCN1C(=S)SSC(=S)N1CCCC1C(=O)OCCCOC(=O)C(C)c1cccc(C(=O)c2ccccc2)c1)c1cccc(C(=O)c2ccccc2)c1. The Kier molecular flexibility index (Phi) is 18.9. The van der Waals surface area contributed by atoms with Gasteiger partial charge in [-0.2, -0.15) is 0 Å². The number of carbonyl (C=O) groups is 6. The molecule has 2 fully saturated rings. The Morgan fingerprint density at radius 2 is 0.894 bits per heavy atom. The molecule has 4 aromatic carbocycles. The highest BCUT2D eigenvalue weighted by atomic mass is 33.1. The van der Waals surface area contributed by atoms with E-state index in [2.05, 4.69) is 0 Å². The third-order valence-electron chi connectivity index (χ3n) is 11.3. The van der Waals surface area contributed by atoms with Crippen molar-refractivity contribution in [2.75, 3.05) is 39.5 Å². The maximum Gasteiger partial charge on any atom is 0.328 e. The second-order valence-electron chi connectivity index (χ2n) is 15.9. The Hall–Kier alpha value is -5.42. The van der Waals surface area contributed by atoms with E-state index in [1.54, 1.807) is 111 Å². The minimum absolute atomic E-state index is 0.0629. The van der Waals surface area contributed by atoms with Gasteiger partial charge < -0.3 is 28.7 Å². The number of hydrogen-bond acceptors (Lipinski definition) is 14. The number of hydrogen-bond donors (Lipinski definition) is 0. The zero-order chi connectivity index (χ0) is 47.0. The summed E-state index contributed by atoms with van der Waals surface area (Å²) in [6, 6.07) is 30.7. The van der Waals surface area contributed by atoms with Crippen molar-refractivity contribution in [1.82, 2.24) is 9.80 Å². The van der Waals surface area contributed by atoms with E-state index in [-0.39, 0.29) is 38.0 Å². The van der Waals surface area contributed by atoms with Crippen LogP contribution in [-0.2, 0) is 38.1 Å². The molecular weight excluding hydrogens is 917 g/mol. The van der Waals surface area contributed by atoms with Gasteiger partial charge in [-0.3, -0.25) is 19.2 Å². The number of esters is 4. The summed E-state index contributed by atoms with van der Waals surface area (Å²) in [4.78, 5) is 81.4. The van der Waals surface area contributed by atoms with E-state index in [1.165, 1.54) is 21.6 Å². The van der Waals surface area contributed by atoms with Crippen LogP contribution in [0.4, 0.5) is 0 Å². The lowest BCUT2D eigenvalue weighted by molar-refractivity contribution is -0.151. The summed E-state index contributed by atoms with van der Waals surface area (Å²) in [7, 11) is 2.52. The van der Waals surface area contributed by atoms with Gasteiger partial charge in [-0.25, -0.2) is 9.59 Å². The normalized spacial score (nSPS) is 16.5. The van der Waals surface area contributed by atoms with Gasteiger partial charge in [0.25, 0.3) is 0 Å². The topological polar surface area (TPSA) is 146 Å². The van der Waals surface area contributed by atoms with E-state index in [0.29, 0.717) is 80.8 Å². The van der Waals surface area contributed by atoms with E-state index in [4.69, 9.17) is 43.4 Å². The lowest BCUT2D eigenvalue weighted by atomic mass is 9.96. The molecule has 2 aliphatic heterocycles. The van der Waals surface area contributed by atoms with E-state index < -0.39 is 47.8 Å². The molecule has 0 aliphatic carbocycles. The van der Waals surface area contributed by atoms with E-state index >= 15 is 0 Å². The molecule has 4 atom stereocenters. The van der Waals surface area contributed by atoms with Crippen LogP contribution in [0.2, 0.25) is 0 Å². The summed E-state index contributed by atoms with van der Waals surface area (Å²) in [6.45, 7) is 4.88. The molecule has 0 spiro atoms. The Morgan fingerprint density at radius 1 is 0.530 bits per heavy atom. The van der Waals surface area contributed by atoms with Crippen LogP contribution >= 0.6 is 46.0 Å². The highest BCUT2D eigenvalue weighted by molar-refractivity contribution is 8.89. The van der Waals surface area contributed by atoms with Gasteiger partial charge >= 0.3 is 23.9 Å². The molecule has 2 saturated heterocycles. The van der Waals surface area contributed by atoms with Crippen LogP contribution in [0.5, 0.6) is 0 Å². The number of ketones is 2. The molecule has 0 bridgehead atoms. The number of ether oxygens (including phenoxy) is 4. The van der Waals surface area contributed by atoms with Crippen molar-refractivity contribution in [2.24, 2.45) is 0 Å². The van der Waals surface area contributed by atoms with Crippen molar-refractivity contribution in [1.29, 1.82) is 0 Å². The number of carbonyl (C=O) groups excluding carboxylic acids is 6. The molecule has 2 heterocycles. The average molecular weight is 969 g/mol. The molecule has 12 nitrogen and oxygen atoms in total. The van der Waals surface area contributed by atoms with Gasteiger partial charge in [0, 0.05) is 48.2 Å². The van der Waals surface area contributed by atoms with Gasteiger partial charge in [0.05, 0.1) is 38.3 Å². The second kappa shape index (κ2) is 24.9. The molecule has 6 rings (SSSR count). The van der Waals surface area contributed by atoms with Crippen molar-refractivity contribution in [3.63, 3.8) is 0 Å². The van der Waals surface area contributed by atoms with E-state index in [1.807, 2.05) is 21.9 Å². The monoisotopic (exact) mass is 968 g/mol. The number of benzene rings is 4. The molecular formula is C50H52N2O10S4. The molecule has 16 heteroatoms. The summed E-state index contributed by atoms with van der Waals surface area (Å²) in [5.41, 5.74) is 3.44. The number of thiocarbonyl (C=S) groups is 2. The number of rotatable bonds is 18. The van der Waals surface area contributed by atoms with E-state index in [9.17, 15) is 28.8 Å². The van der Waals surface area contributed by atoms with Crippen molar-refractivity contribution >= 4 is 90.1 Å². The van der Waals surface area contributed by atoms with Crippen LogP contribution < -0.4 is 0 Å². The Morgan fingerprint density at radius 3 is 1.29 bits per heavy atom. The second-order valence-corrected chi connectivity index (χ2v) is 19.3. The first kappa shape index (κ1) is 50.0. The Labute approximate surface area is 403 Å². The first-order valence-electron chi connectivity index (χ1n) is 21.9. The van der Waals surface area contributed by atoms with Crippen molar-refractivity contribution in [3.8, 4) is 0 Å². The summed E-state index contributed by atoms with van der Waals surface area (Å²) in [6.07, 6.45) is 3.30. The predicted molar refractivity (Wildman–Crippen MR) is 262 cm³/mol. The van der Waals surface area contributed by atoms with Crippen molar-refractivity contribution in [3.05, 3.63) is 143 Å². The van der Waals surface area contributed by atoms with Gasteiger partial charge in [0.1, 0.15) is 20.7 Å². The summed E-state index contributed by atoms with van der Waals surface area (Å²) < 4.78 is 23.1. The maximum atomic E-state index is 13.1. The molecule has 0 amide bonds. The minimum atomic E-state index is -0.597. The van der Waals surface area contributed by atoms with Gasteiger partial charge in [0.2, 0.25) is 0 Å². The molecule has 0 N–H and O–H groups in total. The summed E-state index contributed by atoms with van der Waals surface area (Å²) in [5, 5.41) is 0. The highest BCUT2D eigenvalue weighted by Gasteiger charge is 2.36. The van der Waals surface area contributed by atoms with Crippen molar-refractivity contribution in [2.45, 2.75) is 76.3 Å². The first-order chi connectivity index (χ1) is 31.9. The molecule has 0 aromatic heterocycles. The summed E-state index contributed by atoms with van der Waals surface area (Å²) in [5.74, 6) is -3.15. The highest BCUT2D eigenvalue weighted by Crippen LogP contribution is 2.35. The van der Waals surface area contributed by atoms with Gasteiger partial charge in [-0.15, -0.1) is 0 Å². The first-order valence-corrected chi connectivity index (χ1v) is 24.9. The Balaban J connectivity index is 0.856. The minimum Gasteiger partial charge on any atom is -0.465 e. The molecule has 0 radical (unpaired) electrons. The molecule has 66 heavy (non-hydrogen) atoms. The van der Waals surface area contributed by atoms with Crippen LogP contribution in [-0.4, -0.2) is 105 Å². The smallest absolute Gasteiger partial charge is 0.328 e. The zero-order valence-electron chi connectivity index (χ0n) is 36.8.